The predicted molar refractivity (Wildman–Crippen MR) is 124 cm³/mol. The Hall–Kier alpha value is -1.87. The smallest absolute Gasteiger partial charge is 0.255 e. The molecule has 1 N–H and O–H groups in total. The van der Waals surface area contributed by atoms with Gasteiger partial charge in [0.2, 0.25) is 10.0 Å². The summed E-state index contributed by atoms with van der Waals surface area (Å²) in [6, 6.07) is 11.0. The monoisotopic (exact) mass is 462 g/mol. The van der Waals surface area contributed by atoms with Crippen LogP contribution in [0.2, 0.25) is 0 Å². The molecule has 0 bridgehead atoms. The van der Waals surface area contributed by atoms with E-state index in [0.717, 1.165) is 28.9 Å². The normalized spacial score (nSPS) is 14.6. The van der Waals surface area contributed by atoms with Crippen molar-refractivity contribution in [2.75, 3.05) is 32.6 Å². The Labute approximate surface area is 189 Å². The van der Waals surface area contributed by atoms with Crippen LogP contribution in [0.15, 0.2) is 46.2 Å². The number of sulfonamides is 1. The molecule has 1 aliphatic rings. The first kappa shape index (κ1) is 23.8. The summed E-state index contributed by atoms with van der Waals surface area (Å²) >= 11 is 1.43. The van der Waals surface area contributed by atoms with Crippen molar-refractivity contribution < 1.29 is 17.9 Å². The Morgan fingerprint density at radius 3 is 2.45 bits per heavy atom. The fourth-order valence-electron chi connectivity index (χ4n) is 3.62. The molecule has 1 aliphatic heterocycles. The minimum absolute atomic E-state index is 0.103. The number of amides is 1. The maximum absolute atomic E-state index is 13.0. The van der Waals surface area contributed by atoms with Crippen molar-refractivity contribution in [2.24, 2.45) is 0 Å². The Bertz CT molecular complexity index is 1030. The molecule has 3 rings (SSSR count). The molecular weight excluding hydrogens is 432 g/mol. The maximum Gasteiger partial charge on any atom is 0.255 e. The number of nitrogens with zero attached hydrogens (tertiary/aromatic N) is 1. The molecule has 1 saturated heterocycles. The first-order valence-corrected chi connectivity index (χ1v) is 13.3. The zero-order valence-corrected chi connectivity index (χ0v) is 19.9. The minimum Gasteiger partial charge on any atom is -0.378 e. The van der Waals surface area contributed by atoms with Crippen molar-refractivity contribution in [3.05, 3.63) is 58.7 Å². The maximum atomic E-state index is 13.0. The SMILES string of the molecule is CCc1ccc(CC)c(CNS(=O)(=O)c2ccc(SC)c(C(=O)N3CCOCC3)c2)c1. The van der Waals surface area contributed by atoms with Gasteiger partial charge in [-0.25, -0.2) is 13.1 Å². The van der Waals surface area contributed by atoms with Gasteiger partial charge in [0.05, 0.1) is 23.7 Å². The first-order valence-electron chi connectivity index (χ1n) is 10.5. The fourth-order valence-corrected chi connectivity index (χ4v) is 5.23. The number of morpholine rings is 1. The highest BCUT2D eigenvalue weighted by Crippen LogP contribution is 2.26. The average Bonchev–Trinajstić information content (AvgIpc) is 2.82. The number of benzene rings is 2. The molecule has 0 aromatic heterocycles. The molecule has 0 spiro atoms. The van der Waals surface area contributed by atoms with E-state index in [1.807, 2.05) is 6.26 Å². The molecule has 2 aromatic carbocycles. The standard InChI is InChI=1S/C23H30N2O4S2/c1-4-17-6-7-18(5-2)19(14-17)16-24-31(27,28)20-8-9-22(30-3)21(15-20)23(26)25-10-12-29-13-11-25/h6-9,14-15,24H,4-5,10-13,16H2,1-3H3. The third-order valence-corrected chi connectivity index (χ3v) is 7.72. The van der Waals surface area contributed by atoms with Crippen LogP contribution in [0.25, 0.3) is 0 Å². The number of carbonyl (C=O) groups excluding carboxylic acids is 1. The number of thioether (sulfide) groups is 1. The summed E-state index contributed by atoms with van der Waals surface area (Å²) in [6.07, 6.45) is 3.61. The van der Waals surface area contributed by atoms with Gasteiger partial charge in [0.25, 0.3) is 5.91 Å². The van der Waals surface area contributed by atoms with Crippen LogP contribution in [-0.4, -0.2) is 51.8 Å². The largest absolute Gasteiger partial charge is 0.378 e. The Morgan fingerprint density at radius 1 is 1.06 bits per heavy atom. The van der Waals surface area contributed by atoms with Gasteiger partial charge in [0.15, 0.2) is 0 Å². The summed E-state index contributed by atoms with van der Waals surface area (Å²) in [6.45, 7) is 6.37. The summed E-state index contributed by atoms with van der Waals surface area (Å²) in [5, 5.41) is 0. The van der Waals surface area contributed by atoms with Gasteiger partial charge in [-0.15, -0.1) is 11.8 Å². The van der Waals surface area contributed by atoms with Gasteiger partial charge in [-0.3, -0.25) is 4.79 Å². The lowest BCUT2D eigenvalue weighted by Gasteiger charge is -2.27. The number of nitrogens with one attached hydrogen (secondary N) is 1. The first-order chi connectivity index (χ1) is 14.9. The molecule has 0 aliphatic carbocycles. The third-order valence-electron chi connectivity index (χ3n) is 5.52. The highest BCUT2D eigenvalue weighted by molar-refractivity contribution is 7.98. The second kappa shape index (κ2) is 10.6. The van der Waals surface area contributed by atoms with E-state index < -0.39 is 10.0 Å². The van der Waals surface area contributed by atoms with Crippen LogP contribution in [-0.2, 0) is 34.1 Å². The summed E-state index contributed by atoms with van der Waals surface area (Å²) in [5.74, 6) is -0.159. The van der Waals surface area contributed by atoms with Crippen molar-refractivity contribution in [3.8, 4) is 0 Å². The lowest BCUT2D eigenvalue weighted by Crippen LogP contribution is -2.41. The number of ether oxygens (including phenoxy) is 1. The van der Waals surface area contributed by atoms with Crippen LogP contribution in [0.3, 0.4) is 0 Å². The Balaban J connectivity index is 1.85. The number of hydrogen-bond donors (Lipinski definition) is 1. The van der Waals surface area contributed by atoms with Crippen molar-refractivity contribution >= 4 is 27.7 Å². The molecule has 0 saturated carbocycles. The predicted octanol–water partition coefficient (Wildman–Crippen LogP) is 3.48. The quantitative estimate of drug-likeness (QED) is 0.608. The van der Waals surface area contributed by atoms with Crippen LogP contribution in [0.4, 0.5) is 0 Å². The molecule has 168 valence electrons. The molecule has 2 aromatic rings. The highest BCUT2D eigenvalue weighted by atomic mass is 32.2. The van der Waals surface area contributed by atoms with Gasteiger partial charge in [0, 0.05) is 24.5 Å². The van der Waals surface area contributed by atoms with E-state index >= 15 is 0 Å². The van der Waals surface area contributed by atoms with Crippen molar-refractivity contribution in [1.29, 1.82) is 0 Å². The highest BCUT2D eigenvalue weighted by Gasteiger charge is 2.24. The second-order valence-electron chi connectivity index (χ2n) is 7.40. The van der Waals surface area contributed by atoms with Crippen molar-refractivity contribution in [3.63, 3.8) is 0 Å². The Kier molecular flexibility index (Phi) is 8.16. The molecule has 0 radical (unpaired) electrons. The molecule has 1 fully saturated rings. The van der Waals surface area contributed by atoms with Gasteiger partial charge in [-0.2, -0.15) is 0 Å². The summed E-state index contributed by atoms with van der Waals surface area (Å²) in [5.41, 5.74) is 3.70. The van der Waals surface area contributed by atoms with E-state index in [1.165, 1.54) is 23.4 Å². The molecule has 1 amide bonds. The number of rotatable bonds is 8. The van der Waals surface area contributed by atoms with E-state index in [-0.39, 0.29) is 17.3 Å². The van der Waals surface area contributed by atoms with Gasteiger partial charge < -0.3 is 9.64 Å². The van der Waals surface area contributed by atoms with Gasteiger partial charge in [0.1, 0.15) is 0 Å². The average molecular weight is 463 g/mol. The molecule has 0 atom stereocenters. The van der Waals surface area contributed by atoms with Gasteiger partial charge in [-0.05, 0) is 54.0 Å². The summed E-state index contributed by atoms with van der Waals surface area (Å²) in [7, 11) is -3.77. The lowest BCUT2D eigenvalue weighted by molar-refractivity contribution is 0.0300. The third kappa shape index (κ3) is 5.68. The molecule has 31 heavy (non-hydrogen) atoms. The Morgan fingerprint density at radius 2 is 1.81 bits per heavy atom. The van der Waals surface area contributed by atoms with E-state index in [4.69, 9.17) is 4.74 Å². The van der Waals surface area contributed by atoms with Gasteiger partial charge in [-0.1, -0.05) is 32.0 Å². The van der Waals surface area contributed by atoms with Crippen molar-refractivity contribution in [2.45, 2.75) is 43.0 Å². The fraction of sp³-hybridized carbons (Fsp3) is 0.435. The van der Waals surface area contributed by atoms with Crippen LogP contribution in [0.1, 0.15) is 40.9 Å². The number of aryl methyl sites for hydroxylation is 2. The van der Waals surface area contributed by atoms with Crippen LogP contribution in [0.5, 0.6) is 0 Å². The molecule has 6 nitrogen and oxygen atoms in total. The summed E-state index contributed by atoms with van der Waals surface area (Å²) in [4.78, 5) is 15.6. The van der Waals surface area contributed by atoms with Crippen LogP contribution < -0.4 is 4.72 Å². The minimum atomic E-state index is -3.77. The van der Waals surface area contributed by atoms with E-state index in [9.17, 15) is 13.2 Å². The van der Waals surface area contributed by atoms with E-state index in [0.29, 0.717) is 31.9 Å². The number of hydrogen-bond acceptors (Lipinski definition) is 5. The van der Waals surface area contributed by atoms with Crippen LogP contribution in [0, 0.1) is 0 Å². The zero-order valence-electron chi connectivity index (χ0n) is 18.3. The van der Waals surface area contributed by atoms with Gasteiger partial charge >= 0.3 is 0 Å². The van der Waals surface area contributed by atoms with E-state index in [1.54, 1.807) is 17.0 Å². The lowest BCUT2D eigenvalue weighted by atomic mass is 10.0. The molecule has 1 heterocycles. The van der Waals surface area contributed by atoms with Crippen molar-refractivity contribution in [1.82, 2.24) is 9.62 Å². The van der Waals surface area contributed by atoms with E-state index in [2.05, 4.69) is 36.8 Å². The molecule has 8 heteroatoms. The number of carbonyl (C=O) groups is 1. The summed E-state index contributed by atoms with van der Waals surface area (Å²) < 4.78 is 34.1. The molecule has 0 unspecified atom stereocenters. The van der Waals surface area contributed by atoms with Crippen LogP contribution >= 0.6 is 11.8 Å². The zero-order chi connectivity index (χ0) is 22.4. The molecular formula is C23H30N2O4S2. The second-order valence-corrected chi connectivity index (χ2v) is 10.0. The topological polar surface area (TPSA) is 75.7 Å².